The minimum Gasteiger partial charge on any atom is -0.227 e. The zero-order valence-corrected chi connectivity index (χ0v) is 8.31. The molecule has 0 radical (unpaired) electrons. The van der Waals surface area contributed by atoms with Gasteiger partial charge in [-0.25, -0.2) is 8.42 Å². The third-order valence-electron chi connectivity index (χ3n) is 2.01. The normalized spacial score (nSPS) is 10.7. The standard InChI is InChI=1S/C9H12O2S/c1-6-4-8(3)9(12(10)11)5-7(6)2/h4-5,12H,1-3H3. The maximum absolute atomic E-state index is 10.7. The lowest BCUT2D eigenvalue weighted by Gasteiger charge is -2.03. The molecule has 0 bridgehead atoms. The van der Waals surface area contributed by atoms with Crippen LogP contribution in [-0.4, -0.2) is 8.42 Å². The third kappa shape index (κ3) is 1.67. The van der Waals surface area contributed by atoms with Crippen molar-refractivity contribution in [2.45, 2.75) is 25.7 Å². The van der Waals surface area contributed by atoms with Crippen molar-refractivity contribution >= 4 is 10.7 Å². The van der Waals surface area contributed by atoms with Crippen molar-refractivity contribution in [2.24, 2.45) is 0 Å². The Hall–Kier alpha value is -0.830. The Kier molecular flexibility index (Phi) is 2.52. The van der Waals surface area contributed by atoms with Gasteiger partial charge in [0.1, 0.15) is 0 Å². The maximum atomic E-state index is 10.7. The third-order valence-corrected chi connectivity index (χ3v) is 2.88. The summed E-state index contributed by atoms with van der Waals surface area (Å²) < 4.78 is 21.4. The summed E-state index contributed by atoms with van der Waals surface area (Å²) in [5.74, 6) is 0. The maximum Gasteiger partial charge on any atom is 0.168 e. The quantitative estimate of drug-likeness (QED) is 0.672. The summed E-state index contributed by atoms with van der Waals surface area (Å²) in [4.78, 5) is 0.438. The van der Waals surface area contributed by atoms with Crippen LogP contribution in [0.3, 0.4) is 0 Å². The van der Waals surface area contributed by atoms with Crippen LogP contribution in [0.4, 0.5) is 0 Å². The molecule has 0 heterocycles. The van der Waals surface area contributed by atoms with Crippen molar-refractivity contribution in [1.29, 1.82) is 0 Å². The number of benzene rings is 1. The molecule has 1 aromatic rings. The molecule has 0 atom stereocenters. The Morgan fingerprint density at radius 3 is 1.92 bits per heavy atom. The van der Waals surface area contributed by atoms with Crippen LogP contribution in [0.5, 0.6) is 0 Å². The van der Waals surface area contributed by atoms with Gasteiger partial charge in [-0.15, -0.1) is 0 Å². The highest BCUT2D eigenvalue weighted by Crippen LogP contribution is 2.15. The second-order valence-corrected chi connectivity index (χ2v) is 3.98. The highest BCUT2D eigenvalue weighted by molar-refractivity contribution is 7.72. The zero-order chi connectivity index (χ0) is 9.30. The Bertz CT molecular complexity index is 370. The van der Waals surface area contributed by atoms with Gasteiger partial charge in [0.25, 0.3) is 0 Å². The van der Waals surface area contributed by atoms with Gasteiger partial charge in [-0.1, -0.05) is 6.07 Å². The van der Waals surface area contributed by atoms with Crippen LogP contribution in [0, 0.1) is 20.8 Å². The van der Waals surface area contributed by atoms with Crippen molar-refractivity contribution in [3.8, 4) is 0 Å². The van der Waals surface area contributed by atoms with Gasteiger partial charge in [-0.2, -0.15) is 0 Å². The molecule has 0 aliphatic carbocycles. The Morgan fingerprint density at radius 2 is 1.42 bits per heavy atom. The first-order chi connectivity index (χ1) is 5.52. The monoisotopic (exact) mass is 184 g/mol. The van der Waals surface area contributed by atoms with Crippen LogP contribution >= 0.6 is 0 Å². The van der Waals surface area contributed by atoms with Gasteiger partial charge >= 0.3 is 0 Å². The topological polar surface area (TPSA) is 34.1 Å². The average Bonchev–Trinajstić information content (AvgIpc) is 1.96. The zero-order valence-electron chi connectivity index (χ0n) is 7.42. The van der Waals surface area contributed by atoms with Crippen LogP contribution in [0.2, 0.25) is 0 Å². The summed E-state index contributed by atoms with van der Waals surface area (Å²) >= 11 is 0. The summed E-state index contributed by atoms with van der Waals surface area (Å²) in [6, 6.07) is 3.62. The first-order valence-electron chi connectivity index (χ1n) is 3.74. The van der Waals surface area contributed by atoms with Gasteiger partial charge in [0.2, 0.25) is 0 Å². The molecule has 2 nitrogen and oxygen atoms in total. The van der Waals surface area contributed by atoms with E-state index in [4.69, 9.17) is 0 Å². The van der Waals surface area contributed by atoms with Gasteiger partial charge in [0.15, 0.2) is 10.7 Å². The average molecular weight is 184 g/mol. The number of rotatable bonds is 1. The first kappa shape index (κ1) is 9.26. The van der Waals surface area contributed by atoms with Crippen LogP contribution in [0.1, 0.15) is 16.7 Å². The summed E-state index contributed by atoms with van der Waals surface area (Å²) in [7, 11) is -2.44. The Balaban J connectivity index is 3.43. The molecule has 12 heavy (non-hydrogen) atoms. The van der Waals surface area contributed by atoms with Gasteiger partial charge in [-0.3, -0.25) is 0 Å². The SMILES string of the molecule is Cc1cc(C)c([SH](=O)=O)cc1C. The molecule has 0 N–H and O–H groups in total. The van der Waals surface area contributed by atoms with E-state index in [9.17, 15) is 8.42 Å². The highest BCUT2D eigenvalue weighted by Gasteiger charge is 2.02. The van der Waals surface area contributed by atoms with E-state index in [1.807, 2.05) is 26.8 Å². The van der Waals surface area contributed by atoms with Crippen molar-refractivity contribution in [2.75, 3.05) is 0 Å². The number of aryl methyl sites for hydroxylation is 3. The second kappa shape index (κ2) is 3.27. The van der Waals surface area contributed by atoms with E-state index in [-0.39, 0.29) is 0 Å². The summed E-state index contributed by atoms with van der Waals surface area (Å²) in [6.07, 6.45) is 0. The van der Waals surface area contributed by atoms with E-state index in [1.54, 1.807) is 6.07 Å². The van der Waals surface area contributed by atoms with Gasteiger partial charge in [-0.05, 0) is 43.5 Å². The van der Waals surface area contributed by atoms with Gasteiger partial charge in [0.05, 0.1) is 4.90 Å². The van der Waals surface area contributed by atoms with Crippen LogP contribution in [-0.2, 0) is 10.7 Å². The van der Waals surface area contributed by atoms with Gasteiger partial charge < -0.3 is 0 Å². The minimum atomic E-state index is -2.44. The lowest BCUT2D eigenvalue weighted by molar-refractivity contribution is 0.614. The van der Waals surface area contributed by atoms with E-state index in [0.717, 1.165) is 16.7 Å². The van der Waals surface area contributed by atoms with E-state index in [0.29, 0.717) is 4.90 Å². The van der Waals surface area contributed by atoms with Crippen LogP contribution < -0.4 is 0 Å². The fraction of sp³-hybridized carbons (Fsp3) is 0.333. The van der Waals surface area contributed by atoms with E-state index < -0.39 is 10.7 Å². The molecule has 0 aromatic heterocycles. The molecule has 1 aromatic carbocycles. The lowest BCUT2D eigenvalue weighted by atomic mass is 10.1. The van der Waals surface area contributed by atoms with Gasteiger partial charge in [0, 0.05) is 0 Å². The molecular weight excluding hydrogens is 172 g/mol. The fourth-order valence-electron chi connectivity index (χ4n) is 1.14. The molecule has 1 rings (SSSR count). The molecule has 0 amide bonds. The summed E-state index contributed by atoms with van der Waals surface area (Å²) in [5.41, 5.74) is 2.98. The largest absolute Gasteiger partial charge is 0.227 e. The van der Waals surface area contributed by atoms with Crippen molar-refractivity contribution in [3.05, 3.63) is 28.8 Å². The second-order valence-electron chi connectivity index (χ2n) is 2.98. The summed E-state index contributed by atoms with van der Waals surface area (Å²) in [5, 5.41) is 0. The molecule has 0 fully saturated rings. The lowest BCUT2D eigenvalue weighted by Crippen LogP contribution is -1.90. The predicted octanol–water partition coefficient (Wildman–Crippen LogP) is 1.58. The van der Waals surface area contributed by atoms with Crippen LogP contribution in [0.15, 0.2) is 17.0 Å². The smallest absolute Gasteiger partial charge is 0.168 e. The molecule has 3 heteroatoms. The van der Waals surface area contributed by atoms with E-state index in [1.165, 1.54) is 0 Å². The fourth-order valence-corrected chi connectivity index (χ4v) is 1.79. The molecule has 0 aliphatic rings. The molecule has 0 unspecified atom stereocenters. The molecule has 0 saturated heterocycles. The minimum absolute atomic E-state index is 0.438. The number of hydrogen-bond acceptors (Lipinski definition) is 2. The summed E-state index contributed by atoms with van der Waals surface area (Å²) in [6.45, 7) is 5.70. The van der Waals surface area contributed by atoms with E-state index in [2.05, 4.69) is 0 Å². The van der Waals surface area contributed by atoms with Crippen molar-refractivity contribution in [3.63, 3.8) is 0 Å². The molecule has 66 valence electrons. The molecule has 0 saturated carbocycles. The Labute approximate surface area is 74.2 Å². The highest BCUT2D eigenvalue weighted by atomic mass is 32.2. The number of thiol groups is 1. The van der Waals surface area contributed by atoms with E-state index >= 15 is 0 Å². The first-order valence-corrected chi connectivity index (χ1v) is 4.92. The molecular formula is C9H12O2S. The molecule has 0 aliphatic heterocycles. The Morgan fingerprint density at radius 1 is 0.917 bits per heavy atom. The number of hydrogen-bond donors (Lipinski definition) is 1. The molecule has 0 spiro atoms. The van der Waals surface area contributed by atoms with Crippen molar-refractivity contribution < 1.29 is 8.42 Å². The van der Waals surface area contributed by atoms with Crippen LogP contribution in [0.25, 0.3) is 0 Å². The predicted molar refractivity (Wildman–Crippen MR) is 49.2 cm³/mol. The van der Waals surface area contributed by atoms with Crippen molar-refractivity contribution in [1.82, 2.24) is 0 Å².